The van der Waals surface area contributed by atoms with Gasteiger partial charge in [-0.2, -0.15) is 0 Å². The zero-order valence-corrected chi connectivity index (χ0v) is 13.5. The molecule has 126 valence electrons. The molecule has 2 unspecified atom stereocenters. The van der Waals surface area contributed by atoms with Crippen LogP contribution in [-0.4, -0.2) is 34.7 Å². The third-order valence-electron chi connectivity index (χ3n) is 3.86. The van der Waals surface area contributed by atoms with Gasteiger partial charge in [0.25, 0.3) is 5.56 Å². The summed E-state index contributed by atoms with van der Waals surface area (Å²) in [7, 11) is 0. The molecule has 0 radical (unpaired) electrons. The minimum absolute atomic E-state index is 0.0386. The topological polar surface area (TPSA) is 107 Å². The number of rotatable bonds is 6. The van der Waals surface area contributed by atoms with Crippen LogP contribution in [0, 0.1) is 11.3 Å². The van der Waals surface area contributed by atoms with Crippen LogP contribution in [-0.2, 0) is 25.6 Å². The van der Waals surface area contributed by atoms with Gasteiger partial charge in [0.15, 0.2) is 0 Å². The molecule has 0 saturated heterocycles. The lowest BCUT2D eigenvalue weighted by Crippen LogP contribution is -2.34. The fraction of sp³-hybridized carbons (Fsp3) is 0.571. The summed E-state index contributed by atoms with van der Waals surface area (Å²) in [4.78, 5) is 47.3. The average Bonchev–Trinajstić information content (AvgIpc) is 3.14. The number of hydrogen-bond donors (Lipinski definition) is 1. The number of carbonyl (C=O) groups excluding carboxylic acids is 2. The average molecular weight is 345 g/mol. The molecule has 0 bridgehead atoms. The van der Waals surface area contributed by atoms with Crippen molar-refractivity contribution in [2.45, 2.75) is 26.8 Å². The molecule has 9 heteroatoms. The van der Waals surface area contributed by atoms with Gasteiger partial charge in [0.2, 0.25) is 0 Å². The van der Waals surface area contributed by atoms with E-state index >= 15 is 0 Å². The van der Waals surface area contributed by atoms with E-state index in [1.165, 1.54) is 24.6 Å². The highest BCUT2D eigenvalue weighted by Crippen LogP contribution is 2.54. The van der Waals surface area contributed by atoms with Gasteiger partial charge >= 0.3 is 17.6 Å². The number of H-pyrrole nitrogens is 1. The van der Waals surface area contributed by atoms with Gasteiger partial charge < -0.3 is 9.47 Å². The number of ether oxygens (including phenoxy) is 2. The molecular formula is C14H17ClN2O6. The van der Waals surface area contributed by atoms with Crippen molar-refractivity contribution in [1.82, 2.24) is 9.55 Å². The van der Waals surface area contributed by atoms with Crippen molar-refractivity contribution >= 4 is 23.5 Å². The predicted octanol–water partition coefficient (Wildman–Crippen LogP) is 0.323. The number of carbonyl (C=O) groups is 2. The fourth-order valence-corrected chi connectivity index (χ4v) is 2.65. The maximum atomic E-state index is 11.9. The minimum atomic E-state index is -0.658. The number of hydrogen-bond acceptors (Lipinski definition) is 6. The smallest absolute Gasteiger partial charge is 0.328 e. The fourth-order valence-electron chi connectivity index (χ4n) is 2.49. The first kappa shape index (κ1) is 17.3. The maximum Gasteiger partial charge on any atom is 0.328 e. The quantitative estimate of drug-likeness (QED) is 0.745. The Morgan fingerprint density at radius 1 is 1.35 bits per heavy atom. The summed E-state index contributed by atoms with van der Waals surface area (Å²) in [6, 6.07) is 0. The number of halogens is 1. The first-order chi connectivity index (χ1) is 10.7. The van der Waals surface area contributed by atoms with Crippen molar-refractivity contribution in [3.63, 3.8) is 0 Å². The Labute approximate surface area is 136 Å². The molecule has 1 heterocycles. The monoisotopic (exact) mass is 344 g/mol. The van der Waals surface area contributed by atoms with Crippen LogP contribution in [0.3, 0.4) is 0 Å². The van der Waals surface area contributed by atoms with Gasteiger partial charge in [-0.25, -0.2) is 4.79 Å². The minimum Gasteiger partial charge on any atom is -0.466 e. The summed E-state index contributed by atoms with van der Waals surface area (Å²) in [5.74, 6) is -0.875. The highest BCUT2D eigenvalue weighted by Gasteiger charge is 2.56. The third kappa shape index (κ3) is 4.22. The lowest BCUT2D eigenvalue weighted by atomic mass is 10.1. The van der Waals surface area contributed by atoms with Gasteiger partial charge in [-0.15, -0.1) is 0 Å². The second kappa shape index (κ2) is 6.57. The summed E-state index contributed by atoms with van der Waals surface area (Å²) in [6.07, 6.45) is 1.87. The van der Waals surface area contributed by atoms with Crippen molar-refractivity contribution < 1.29 is 19.1 Å². The summed E-state index contributed by atoms with van der Waals surface area (Å²) >= 11 is 5.74. The maximum absolute atomic E-state index is 11.9. The zero-order chi connectivity index (χ0) is 17.2. The van der Waals surface area contributed by atoms with E-state index in [9.17, 15) is 19.2 Å². The molecule has 1 saturated carbocycles. The molecule has 1 aromatic heterocycles. The van der Waals surface area contributed by atoms with Crippen LogP contribution in [0.1, 0.15) is 20.3 Å². The van der Waals surface area contributed by atoms with Crippen LogP contribution in [0.5, 0.6) is 0 Å². The van der Waals surface area contributed by atoms with Crippen LogP contribution in [0.2, 0.25) is 5.02 Å². The van der Waals surface area contributed by atoms with E-state index in [-0.39, 0.29) is 30.7 Å². The third-order valence-corrected chi connectivity index (χ3v) is 4.13. The molecule has 2 atom stereocenters. The first-order valence-corrected chi connectivity index (χ1v) is 7.37. The molecule has 1 fully saturated rings. The predicted molar refractivity (Wildman–Crippen MR) is 80.1 cm³/mol. The van der Waals surface area contributed by atoms with Gasteiger partial charge in [0.1, 0.15) is 5.02 Å². The standard InChI is InChI=1S/C14H17ClN2O6/c1-8(18)22-5-10-3-14(10,7-23-9(2)19)6-17-4-11(15)12(20)16-13(17)21/h4,10H,3,5-7H2,1-2H3,(H,16,20,21). The van der Waals surface area contributed by atoms with Crippen LogP contribution < -0.4 is 11.2 Å². The molecule has 0 spiro atoms. The van der Waals surface area contributed by atoms with Crippen molar-refractivity contribution in [3.05, 3.63) is 32.1 Å². The van der Waals surface area contributed by atoms with Gasteiger partial charge in [0, 0.05) is 37.9 Å². The van der Waals surface area contributed by atoms with E-state index in [1.54, 1.807) is 0 Å². The Bertz CT molecular complexity index is 740. The number of esters is 2. The molecule has 0 amide bonds. The zero-order valence-electron chi connectivity index (χ0n) is 12.8. The summed E-state index contributed by atoms with van der Waals surface area (Å²) in [5.41, 5.74) is -1.78. The lowest BCUT2D eigenvalue weighted by Gasteiger charge is -2.18. The first-order valence-electron chi connectivity index (χ1n) is 6.99. The molecule has 1 aliphatic carbocycles. The molecular weight excluding hydrogens is 328 g/mol. The number of aromatic nitrogens is 2. The Kier molecular flexibility index (Phi) is 4.93. The van der Waals surface area contributed by atoms with Crippen LogP contribution >= 0.6 is 11.6 Å². The highest BCUT2D eigenvalue weighted by molar-refractivity contribution is 6.30. The lowest BCUT2D eigenvalue weighted by molar-refractivity contribution is -0.145. The van der Waals surface area contributed by atoms with Crippen molar-refractivity contribution in [1.29, 1.82) is 0 Å². The molecule has 8 nitrogen and oxygen atoms in total. The summed E-state index contributed by atoms with van der Waals surface area (Å²) < 4.78 is 11.3. The van der Waals surface area contributed by atoms with E-state index in [0.717, 1.165) is 0 Å². The normalized spacial score (nSPS) is 22.5. The molecule has 0 aromatic carbocycles. The Morgan fingerprint density at radius 3 is 2.61 bits per heavy atom. The van der Waals surface area contributed by atoms with E-state index in [2.05, 4.69) is 4.98 Å². The Hall–Kier alpha value is -2.09. The Balaban J connectivity index is 2.18. The van der Waals surface area contributed by atoms with E-state index < -0.39 is 28.6 Å². The molecule has 1 aromatic rings. The highest BCUT2D eigenvalue weighted by atomic mass is 35.5. The molecule has 1 N–H and O–H groups in total. The molecule has 0 aliphatic heterocycles. The van der Waals surface area contributed by atoms with Crippen molar-refractivity contribution in [2.24, 2.45) is 11.3 Å². The van der Waals surface area contributed by atoms with E-state index in [1.807, 2.05) is 0 Å². The van der Waals surface area contributed by atoms with Crippen LogP contribution in [0.4, 0.5) is 0 Å². The van der Waals surface area contributed by atoms with Gasteiger partial charge in [-0.1, -0.05) is 11.6 Å². The number of nitrogens with one attached hydrogen (secondary N) is 1. The molecule has 1 aliphatic rings. The summed E-state index contributed by atoms with van der Waals surface area (Å²) in [5, 5.41) is -0.107. The van der Waals surface area contributed by atoms with Crippen molar-refractivity contribution in [3.8, 4) is 0 Å². The molecule has 2 rings (SSSR count). The van der Waals surface area contributed by atoms with Gasteiger partial charge in [0.05, 0.1) is 13.2 Å². The number of aromatic amines is 1. The number of nitrogens with zero attached hydrogens (tertiary/aromatic N) is 1. The SMILES string of the molecule is CC(=O)OCC1CC1(COC(C)=O)Cn1cc(Cl)c(=O)[nH]c1=O. The van der Waals surface area contributed by atoms with E-state index in [0.29, 0.717) is 6.42 Å². The van der Waals surface area contributed by atoms with Crippen molar-refractivity contribution in [2.75, 3.05) is 13.2 Å². The second-order valence-electron chi connectivity index (χ2n) is 5.71. The summed E-state index contributed by atoms with van der Waals surface area (Å²) in [6.45, 7) is 3.07. The van der Waals surface area contributed by atoms with E-state index in [4.69, 9.17) is 21.1 Å². The second-order valence-corrected chi connectivity index (χ2v) is 6.12. The largest absolute Gasteiger partial charge is 0.466 e. The molecule has 23 heavy (non-hydrogen) atoms. The Morgan fingerprint density at radius 2 is 2.00 bits per heavy atom. The van der Waals surface area contributed by atoms with Crippen LogP contribution in [0.15, 0.2) is 15.8 Å². The van der Waals surface area contributed by atoms with Gasteiger partial charge in [-0.3, -0.25) is 23.9 Å². The van der Waals surface area contributed by atoms with Gasteiger partial charge in [-0.05, 0) is 6.42 Å². The van der Waals surface area contributed by atoms with Crippen LogP contribution in [0.25, 0.3) is 0 Å².